The summed E-state index contributed by atoms with van der Waals surface area (Å²) in [6.07, 6.45) is 0.731. The lowest BCUT2D eigenvalue weighted by atomic mass is 10.2. The summed E-state index contributed by atoms with van der Waals surface area (Å²) in [5.74, 6) is 0.380. The third kappa shape index (κ3) is 1.88. The highest BCUT2D eigenvalue weighted by atomic mass is 32.1. The number of likely N-dealkylation sites (tertiary alicyclic amines) is 1. The van der Waals surface area contributed by atoms with Gasteiger partial charge in [-0.1, -0.05) is 0 Å². The van der Waals surface area contributed by atoms with Crippen LogP contribution < -0.4 is 0 Å². The first-order valence-electron chi connectivity index (χ1n) is 4.99. The monoisotopic (exact) mass is 209 g/mol. The normalized spacial score (nSPS) is 20.3. The molecule has 1 unspecified atom stereocenters. The Morgan fingerprint density at radius 1 is 1.50 bits per heavy atom. The average Bonchev–Trinajstić information content (AvgIpc) is 2.73. The number of aryl methyl sites for hydroxylation is 1. The molecule has 0 N–H and O–H groups in total. The van der Waals surface area contributed by atoms with Gasteiger partial charge in [-0.25, -0.2) is 0 Å². The van der Waals surface area contributed by atoms with Gasteiger partial charge < -0.3 is 0 Å². The predicted octanol–water partition coefficient (Wildman–Crippen LogP) is 2.39. The number of Topliss-reactive ketones (excluding diaryl/α,β-unsaturated/α-hetero) is 1. The highest BCUT2D eigenvalue weighted by Gasteiger charge is 2.25. The van der Waals surface area contributed by atoms with E-state index in [0.717, 1.165) is 13.0 Å². The Hall–Kier alpha value is -0.670. The zero-order valence-electron chi connectivity index (χ0n) is 8.62. The van der Waals surface area contributed by atoms with E-state index < -0.39 is 0 Å². The lowest BCUT2D eigenvalue weighted by Crippen LogP contribution is -2.23. The van der Waals surface area contributed by atoms with Gasteiger partial charge in [-0.05, 0) is 26.0 Å². The molecule has 1 atom stereocenters. The maximum Gasteiger partial charge on any atom is 0.148 e. The lowest BCUT2D eigenvalue weighted by Gasteiger charge is -2.21. The summed E-state index contributed by atoms with van der Waals surface area (Å²) in [4.78, 5) is 16.1. The van der Waals surface area contributed by atoms with E-state index in [2.05, 4.69) is 30.9 Å². The molecular formula is C11H15NOS. The highest BCUT2D eigenvalue weighted by molar-refractivity contribution is 7.12. The summed E-state index contributed by atoms with van der Waals surface area (Å²) >= 11 is 1.83. The lowest BCUT2D eigenvalue weighted by molar-refractivity contribution is -0.117. The fourth-order valence-electron chi connectivity index (χ4n) is 1.84. The molecule has 1 aliphatic rings. The van der Waals surface area contributed by atoms with Gasteiger partial charge in [0.2, 0.25) is 0 Å². The van der Waals surface area contributed by atoms with Crippen molar-refractivity contribution in [1.82, 2.24) is 4.90 Å². The Bertz CT molecular complexity index is 345. The molecule has 2 nitrogen and oxygen atoms in total. The standard InChI is InChI=1S/C11H15NOS/c1-8-3-4-11(14-8)9(2)12-6-5-10(13)7-12/h3-4,9H,5-7H2,1-2H3. The van der Waals surface area contributed by atoms with Crippen LogP contribution in [0.5, 0.6) is 0 Å². The minimum Gasteiger partial charge on any atom is -0.298 e. The Labute approximate surface area is 88.5 Å². The van der Waals surface area contributed by atoms with Crippen molar-refractivity contribution < 1.29 is 4.79 Å². The first kappa shape index (κ1) is 9.87. The van der Waals surface area contributed by atoms with Crippen LogP contribution in [0.4, 0.5) is 0 Å². The summed E-state index contributed by atoms with van der Waals surface area (Å²) < 4.78 is 0. The van der Waals surface area contributed by atoms with Crippen LogP contribution in [0.15, 0.2) is 12.1 Å². The molecule has 1 aromatic rings. The molecule has 0 aromatic carbocycles. The molecule has 0 spiro atoms. The van der Waals surface area contributed by atoms with Crippen LogP contribution in [-0.2, 0) is 4.79 Å². The third-order valence-electron chi connectivity index (χ3n) is 2.78. The fraction of sp³-hybridized carbons (Fsp3) is 0.545. The average molecular weight is 209 g/mol. The summed E-state index contributed by atoms with van der Waals surface area (Å²) in [5.41, 5.74) is 0. The molecule has 2 heterocycles. The first-order valence-corrected chi connectivity index (χ1v) is 5.80. The molecule has 1 saturated heterocycles. The zero-order chi connectivity index (χ0) is 10.1. The van der Waals surface area contributed by atoms with Crippen molar-refractivity contribution >= 4 is 17.1 Å². The number of hydrogen-bond donors (Lipinski definition) is 0. The van der Waals surface area contributed by atoms with Crippen LogP contribution in [0, 0.1) is 6.92 Å². The zero-order valence-corrected chi connectivity index (χ0v) is 9.43. The number of ketones is 1. The van der Waals surface area contributed by atoms with Crippen molar-refractivity contribution in [3.8, 4) is 0 Å². The molecule has 76 valence electrons. The molecule has 2 rings (SSSR count). The van der Waals surface area contributed by atoms with Gasteiger partial charge in [0.15, 0.2) is 0 Å². The number of hydrogen-bond acceptors (Lipinski definition) is 3. The quantitative estimate of drug-likeness (QED) is 0.745. The van der Waals surface area contributed by atoms with Crippen LogP contribution in [0.25, 0.3) is 0 Å². The molecule has 0 bridgehead atoms. The van der Waals surface area contributed by atoms with Gasteiger partial charge in [0, 0.05) is 28.8 Å². The Morgan fingerprint density at radius 2 is 2.29 bits per heavy atom. The van der Waals surface area contributed by atoms with E-state index in [1.165, 1.54) is 9.75 Å². The van der Waals surface area contributed by atoms with Gasteiger partial charge in [-0.15, -0.1) is 11.3 Å². The minimum absolute atomic E-state index is 0.380. The van der Waals surface area contributed by atoms with E-state index in [1.54, 1.807) is 0 Å². The van der Waals surface area contributed by atoms with Gasteiger partial charge in [-0.3, -0.25) is 9.69 Å². The second-order valence-electron chi connectivity index (χ2n) is 3.88. The van der Waals surface area contributed by atoms with Crippen LogP contribution in [0.2, 0.25) is 0 Å². The Balaban J connectivity index is 2.08. The van der Waals surface area contributed by atoms with Crippen molar-refractivity contribution in [2.24, 2.45) is 0 Å². The number of nitrogens with zero attached hydrogens (tertiary/aromatic N) is 1. The molecule has 0 saturated carbocycles. The smallest absolute Gasteiger partial charge is 0.148 e. The molecular weight excluding hydrogens is 194 g/mol. The maximum absolute atomic E-state index is 11.2. The van der Waals surface area contributed by atoms with Crippen LogP contribution in [0.1, 0.15) is 29.1 Å². The van der Waals surface area contributed by atoms with Crippen LogP contribution in [0.3, 0.4) is 0 Å². The molecule has 3 heteroatoms. The summed E-state index contributed by atoms with van der Waals surface area (Å²) in [6.45, 7) is 5.87. The van der Waals surface area contributed by atoms with E-state index in [-0.39, 0.29) is 0 Å². The molecule has 0 amide bonds. The van der Waals surface area contributed by atoms with Crippen LogP contribution >= 0.6 is 11.3 Å². The van der Waals surface area contributed by atoms with Crippen molar-refractivity contribution in [2.75, 3.05) is 13.1 Å². The topological polar surface area (TPSA) is 20.3 Å². The second kappa shape index (κ2) is 3.83. The highest BCUT2D eigenvalue weighted by Crippen LogP contribution is 2.28. The van der Waals surface area contributed by atoms with Crippen LogP contribution in [-0.4, -0.2) is 23.8 Å². The first-order chi connectivity index (χ1) is 6.66. The number of thiophene rings is 1. The summed E-state index contributed by atoms with van der Waals surface area (Å²) in [6, 6.07) is 4.72. The van der Waals surface area contributed by atoms with Gasteiger partial charge >= 0.3 is 0 Å². The van der Waals surface area contributed by atoms with Crippen molar-refractivity contribution in [3.05, 3.63) is 21.9 Å². The molecule has 1 fully saturated rings. The number of carbonyl (C=O) groups excluding carboxylic acids is 1. The maximum atomic E-state index is 11.2. The van der Waals surface area contributed by atoms with E-state index >= 15 is 0 Å². The third-order valence-corrected chi connectivity index (χ3v) is 3.95. The molecule has 0 aliphatic carbocycles. The molecule has 1 aromatic heterocycles. The van der Waals surface area contributed by atoms with E-state index in [4.69, 9.17) is 0 Å². The predicted molar refractivity (Wildman–Crippen MR) is 58.7 cm³/mol. The molecule has 14 heavy (non-hydrogen) atoms. The fourth-order valence-corrected chi connectivity index (χ4v) is 2.80. The van der Waals surface area contributed by atoms with Crippen molar-refractivity contribution in [2.45, 2.75) is 26.3 Å². The summed E-state index contributed by atoms with van der Waals surface area (Å²) in [7, 11) is 0. The summed E-state index contributed by atoms with van der Waals surface area (Å²) in [5, 5.41) is 0. The van der Waals surface area contributed by atoms with E-state index in [0.29, 0.717) is 18.4 Å². The van der Waals surface area contributed by atoms with Crippen molar-refractivity contribution in [1.29, 1.82) is 0 Å². The van der Waals surface area contributed by atoms with E-state index in [9.17, 15) is 4.79 Å². The largest absolute Gasteiger partial charge is 0.298 e. The Morgan fingerprint density at radius 3 is 2.79 bits per heavy atom. The number of carbonyl (C=O) groups is 1. The molecule has 1 aliphatic heterocycles. The van der Waals surface area contributed by atoms with Gasteiger partial charge in [0.05, 0.1) is 6.54 Å². The Kier molecular flexibility index (Phi) is 2.70. The van der Waals surface area contributed by atoms with E-state index in [1.807, 2.05) is 11.3 Å². The SMILES string of the molecule is Cc1ccc(C(C)N2CCC(=O)C2)s1. The minimum atomic E-state index is 0.380. The van der Waals surface area contributed by atoms with Gasteiger partial charge in [0.25, 0.3) is 0 Å². The van der Waals surface area contributed by atoms with Crippen molar-refractivity contribution in [3.63, 3.8) is 0 Å². The van der Waals surface area contributed by atoms with Gasteiger partial charge in [0.1, 0.15) is 5.78 Å². The number of rotatable bonds is 2. The molecule has 0 radical (unpaired) electrons. The second-order valence-corrected chi connectivity index (χ2v) is 5.20. The van der Waals surface area contributed by atoms with Gasteiger partial charge in [-0.2, -0.15) is 0 Å².